The minimum Gasteiger partial charge on any atom is -0.465 e. The Labute approximate surface area is 124 Å². The fourth-order valence-corrected chi connectivity index (χ4v) is 3.19. The summed E-state index contributed by atoms with van der Waals surface area (Å²) in [6, 6.07) is 4.83. The Morgan fingerprint density at radius 3 is 1.95 bits per heavy atom. The van der Waals surface area contributed by atoms with Gasteiger partial charge in [0.2, 0.25) is 0 Å². The standard InChI is InChI=1S/C18H31NO/c1-16-13-14-18(20-16)15-19-17-11-9-7-5-3-2-4-6-8-10-12-17/h13-14,17,19H,2-12,15H2,1H3. The molecule has 2 nitrogen and oxygen atoms in total. The van der Waals surface area contributed by atoms with Crippen molar-refractivity contribution in [3.63, 3.8) is 0 Å². The zero-order valence-electron chi connectivity index (χ0n) is 13.1. The number of nitrogens with one attached hydrogen (secondary N) is 1. The third-order valence-corrected chi connectivity index (χ3v) is 4.47. The van der Waals surface area contributed by atoms with Crippen LogP contribution in [0.1, 0.15) is 82.1 Å². The summed E-state index contributed by atoms with van der Waals surface area (Å²) >= 11 is 0. The molecule has 0 spiro atoms. The maximum Gasteiger partial charge on any atom is 0.117 e. The third kappa shape index (κ3) is 6.13. The summed E-state index contributed by atoms with van der Waals surface area (Å²) in [4.78, 5) is 0. The Kier molecular flexibility index (Phi) is 7.21. The van der Waals surface area contributed by atoms with E-state index in [2.05, 4.69) is 17.4 Å². The molecule has 1 saturated carbocycles. The van der Waals surface area contributed by atoms with Crippen LogP contribution in [0.2, 0.25) is 0 Å². The van der Waals surface area contributed by atoms with Crippen molar-refractivity contribution >= 4 is 0 Å². The van der Waals surface area contributed by atoms with Gasteiger partial charge in [-0.15, -0.1) is 0 Å². The molecule has 1 aromatic heterocycles. The minimum absolute atomic E-state index is 0.680. The zero-order valence-corrected chi connectivity index (χ0v) is 13.1. The van der Waals surface area contributed by atoms with E-state index < -0.39 is 0 Å². The van der Waals surface area contributed by atoms with Gasteiger partial charge in [-0.25, -0.2) is 0 Å². The van der Waals surface area contributed by atoms with Crippen molar-refractivity contribution in [2.24, 2.45) is 0 Å². The van der Waals surface area contributed by atoms with Crippen LogP contribution in [0.4, 0.5) is 0 Å². The first-order chi connectivity index (χ1) is 9.84. The van der Waals surface area contributed by atoms with Crippen LogP contribution in [-0.2, 0) is 6.54 Å². The summed E-state index contributed by atoms with van der Waals surface area (Å²) in [7, 11) is 0. The van der Waals surface area contributed by atoms with Gasteiger partial charge in [-0.1, -0.05) is 57.8 Å². The van der Waals surface area contributed by atoms with Gasteiger partial charge in [0.15, 0.2) is 0 Å². The molecule has 1 aliphatic carbocycles. The smallest absolute Gasteiger partial charge is 0.117 e. The van der Waals surface area contributed by atoms with Crippen molar-refractivity contribution in [1.29, 1.82) is 0 Å². The molecule has 0 amide bonds. The van der Waals surface area contributed by atoms with Crippen LogP contribution in [0, 0.1) is 6.92 Å². The monoisotopic (exact) mass is 277 g/mol. The molecule has 2 rings (SSSR count). The molecule has 20 heavy (non-hydrogen) atoms. The predicted octanol–water partition coefficient (Wildman–Crippen LogP) is 5.35. The van der Waals surface area contributed by atoms with E-state index >= 15 is 0 Å². The van der Waals surface area contributed by atoms with Crippen molar-refractivity contribution in [3.8, 4) is 0 Å². The van der Waals surface area contributed by atoms with Crippen LogP contribution in [0.3, 0.4) is 0 Å². The summed E-state index contributed by atoms with van der Waals surface area (Å²) in [5, 5.41) is 3.71. The number of furan rings is 1. The molecule has 0 atom stereocenters. The van der Waals surface area contributed by atoms with Gasteiger partial charge in [0, 0.05) is 6.04 Å². The second kappa shape index (κ2) is 9.23. The van der Waals surface area contributed by atoms with Crippen molar-refractivity contribution in [2.45, 2.75) is 90.1 Å². The molecule has 0 bridgehead atoms. The van der Waals surface area contributed by atoms with Crippen molar-refractivity contribution in [1.82, 2.24) is 5.32 Å². The van der Waals surface area contributed by atoms with Gasteiger partial charge < -0.3 is 9.73 Å². The molecule has 0 aromatic carbocycles. The highest BCUT2D eigenvalue weighted by molar-refractivity contribution is 5.05. The van der Waals surface area contributed by atoms with Gasteiger partial charge >= 0.3 is 0 Å². The van der Waals surface area contributed by atoms with Gasteiger partial charge in [-0.2, -0.15) is 0 Å². The third-order valence-electron chi connectivity index (χ3n) is 4.47. The average Bonchev–Trinajstić information content (AvgIpc) is 2.84. The van der Waals surface area contributed by atoms with Crippen molar-refractivity contribution < 1.29 is 4.42 Å². The maximum atomic E-state index is 5.65. The molecule has 114 valence electrons. The van der Waals surface area contributed by atoms with E-state index in [1.54, 1.807) is 0 Å². The largest absolute Gasteiger partial charge is 0.465 e. The average molecular weight is 277 g/mol. The molecule has 1 heterocycles. The molecule has 0 unspecified atom stereocenters. The fourth-order valence-electron chi connectivity index (χ4n) is 3.19. The number of aryl methyl sites for hydroxylation is 1. The predicted molar refractivity (Wildman–Crippen MR) is 84.9 cm³/mol. The first-order valence-corrected chi connectivity index (χ1v) is 8.63. The van der Waals surface area contributed by atoms with E-state index in [1.807, 2.05) is 6.92 Å². The lowest BCUT2D eigenvalue weighted by Gasteiger charge is -2.19. The Bertz CT molecular complexity index is 346. The highest BCUT2D eigenvalue weighted by Gasteiger charge is 2.10. The van der Waals surface area contributed by atoms with E-state index in [9.17, 15) is 0 Å². The highest BCUT2D eigenvalue weighted by atomic mass is 16.3. The lowest BCUT2D eigenvalue weighted by molar-refractivity contribution is 0.379. The molecule has 0 aliphatic heterocycles. The SMILES string of the molecule is Cc1ccc(CNC2CCCCCCCCCCC2)o1. The zero-order chi connectivity index (χ0) is 14.0. The Balaban J connectivity index is 1.73. The van der Waals surface area contributed by atoms with E-state index in [-0.39, 0.29) is 0 Å². The van der Waals surface area contributed by atoms with Crippen LogP contribution in [0.25, 0.3) is 0 Å². The molecular formula is C18H31NO. The molecule has 0 saturated heterocycles. The van der Waals surface area contributed by atoms with E-state index in [4.69, 9.17) is 4.42 Å². The second-order valence-electron chi connectivity index (χ2n) is 6.35. The molecule has 2 heteroatoms. The van der Waals surface area contributed by atoms with Crippen molar-refractivity contribution in [3.05, 3.63) is 23.7 Å². The summed E-state index contributed by atoms with van der Waals surface area (Å²) in [5.74, 6) is 2.09. The molecule has 0 radical (unpaired) electrons. The molecule has 1 aromatic rings. The van der Waals surface area contributed by atoms with Gasteiger partial charge in [0.25, 0.3) is 0 Å². The van der Waals surface area contributed by atoms with Crippen LogP contribution in [0.15, 0.2) is 16.5 Å². The van der Waals surface area contributed by atoms with E-state index in [0.717, 1.165) is 18.1 Å². The second-order valence-corrected chi connectivity index (χ2v) is 6.35. The van der Waals surface area contributed by atoms with Gasteiger partial charge in [0.05, 0.1) is 6.54 Å². The summed E-state index contributed by atoms with van der Waals surface area (Å²) in [6.45, 7) is 2.90. The van der Waals surface area contributed by atoms with Crippen LogP contribution >= 0.6 is 0 Å². The molecular weight excluding hydrogens is 246 g/mol. The van der Waals surface area contributed by atoms with Gasteiger partial charge in [0.1, 0.15) is 11.5 Å². The Hall–Kier alpha value is -0.760. The Morgan fingerprint density at radius 2 is 1.45 bits per heavy atom. The summed E-state index contributed by atoms with van der Waals surface area (Å²) < 4.78 is 5.65. The fraction of sp³-hybridized carbons (Fsp3) is 0.778. The van der Waals surface area contributed by atoms with Crippen molar-refractivity contribution in [2.75, 3.05) is 0 Å². The first kappa shape index (κ1) is 15.6. The van der Waals surface area contributed by atoms with Crippen LogP contribution in [-0.4, -0.2) is 6.04 Å². The van der Waals surface area contributed by atoms with Gasteiger partial charge in [-0.05, 0) is 31.9 Å². The normalized spacial score (nSPS) is 20.2. The Morgan fingerprint density at radius 1 is 0.900 bits per heavy atom. The number of hydrogen-bond donors (Lipinski definition) is 1. The minimum atomic E-state index is 0.680. The van der Waals surface area contributed by atoms with E-state index in [0.29, 0.717) is 6.04 Å². The molecule has 1 fully saturated rings. The quantitative estimate of drug-likeness (QED) is 0.805. The van der Waals surface area contributed by atoms with Gasteiger partial charge in [-0.3, -0.25) is 0 Å². The van der Waals surface area contributed by atoms with E-state index in [1.165, 1.54) is 70.6 Å². The number of rotatable bonds is 3. The van der Waals surface area contributed by atoms with Crippen LogP contribution in [0.5, 0.6) is 0 Å². The lowest BCUT2D eigenvalue weighted by Crippen LogP contribution is -2.28. The van der Waals surface area contributed by atoms with Crippen LogP contribution < -0.4 is 5.32 Å². The highest BCUT2D eigenvalue weighted by Crippen LogP contribution is 2.17. The summed E-state index contributed by atoms with van der Waals surface area (Å²) in [6.07, 6.45) is 15.5. The molecule has 1 aliphatic rings. The first-order valence-electron chi connectivity index (χ1n) is 8.63. The lowest BCUT2D eigenvalue weighted by atomic mass is 9.98. The molecule has 1 N–H and O–H groups in total. The number of hydrogen-bond acceptors (Lipinski definition) is 2. The topological polar surface area (TPSA) is 25.2 Å². The summed E-state index contributed by atoms with van der Waals surface area (Å²) in [5.41, 5.74) is 0. The maximum absolute atomic E-state index is 5.65.